The summed E-state index contributed by atoms with van der Waals surface area (Å²) in [6.45, 7) is -2.79. The summed E-state index contributed by atoms with van der Waals surface area (Å²) < 4.78 is 160. The molecule has 0 fully saturated rings. The third kappa shape index (κ3) is 6.60. The number of alkyl halides is 13. The SMILES string of the molecule is FC(F)C(F)(F)COC(=CN(C(F)(F)F)C(F)(F)F)C(F)(F)F. The molecule has 0 atom stereocenters. The number of halogens is 13. The summed E-state index contributed by atoms with van der Waals surface area (Å²) in [6, 6.07) is 0. The van der Waals surface area contributed by atoms with E-state index < -0.39 is 54.6 Å². The van der Waals surface area contributed by atoms with Gasteiger partial charge in [-0.2, -0.15) is 26.9 Å². The predicted molar refractivity (Wildman–Crippen MR) is 45.0 cm³/mol. The van der Waals surface area contributed by atoms with Gasteiger partial charge in [-0.3, -0.25) is 0 Å². The topological polar surface area (TPSA) is 12.5 Å². The second-order valence-corrected chi connectivity index (χ2v) is 3.65. The molecule has 0 unspecified atom stereocenters. The molecule has 15 heteroatoms. The van der Waals surface area contributed by atoms with E-state index in [4.69, 9.17) is 0 Å². The van der Waals surface area contributed by atoms with E-state index in [2.05, 4.69) is 4.74 Å². The molecular formula is C8H4F13NO. The largest absolute Gasteiger partial charge is 0.491 e. The van der Waals surface area contributed by atoms with Gasteiger partial charge in [-0.05, 0) is 0 Å². The molecule has 0 N–H and O–H groups in total. The van der Waals surface area contributed by atoms with Crippen LogP contribution in [-0.2, 0) is 4.74 Å². The number of ether oxygens (including phenoxy) is 1. The molecule has 0 aliphatic heterocycles. The maximum Gasteiger partial charge on any atom is 0.491 e. The highest BCUT2D eigenvalue weighted by Gasteiger charge is 2.54. The Bertz CT molecular complexity index is 403. The van der Waals surface area contributed by atoms with Crippen LogP contribution in [0.1, 0.15) is 0 Å². The van der Waals surface area contributed by atoms with Gasteiger partial charge in [0.15, 0.2) is 6.61 Å². The van der Waals surface area contributed by atoms with Crippen molar-refractivity contribution in [2.75, 3.05) is 6.61 Å². The number of rotatable bonds is 5. The van der Waals surface area contributed by atoms with Crippen molar-refractivity contribution in [2.45, 2.75) is 31.1 Å². The van der Waals surface area contributed by atoms with Crippen LogP contribution in [0.5, 0.6) is 0 Å². The van der Waals surface area contributed by atoms with Gasteiger partial charge in [-0.25, -0.2) is 8.78 Å². The number of hydrogen-bond donors (Lipinski definition) is 0. The van der Waals surface area contributed by atoms with Gasteiger partial charge in [0.05, 0.1) is 6.20 Å². The van der Waals surface area contributed by atoms with Gasteiger partial charge in [0.1, 0.15) is 0 Å². The lowest BCUT2D eigenvalue weighted by molar-refractivity contribution is -0.355. The van der Waals surface area contributed by atoms with Crippen molar-refractivity contribution in [3.63, 3.8) is 0 Å². The maximum absolute atomic E-state index is 12.4. The first-order chi connectivity index (χ1) is 9.89. The van der Waals surface area contributed by atoms with Crippen LogP contribution in [0.4, 0.5) is 57.1 Å². The Morgan fingerprint density at radius 2 is 1.22 bits per heavy atom. The third-order valence-electron chi connectivity index (χ3n) is 1.81. The maximum atomic E-state index is 12.4. The second kappa shape index (κ2) is 6.51. The molecule has 23 heavy (non-hydrogen) atoms. The van der Waals surface area contributed by atoms with E-state index in [1.54, 1.807) is 0 Å². The van der Waals surface area contributed by atoms with Crippen LogP contribution in [-0.4, -0.2) is 42.6 Å². The molecule has 0 rings (SSSR count). The Balaban J connectivity index is 5.64. The summed E-state index contributed by atoms with van der Waals surface area (Å²) in [5, 5.41) is 0. The zero-order valence-corrected chi connectivity index (χ0v) is 10.1. The molecule has 0 bridgehead atoms. The Hall–Kier alpha value is -1.57. The summed E-state index contributed by atoms with van der Waals surface area (Å²) in [7, 11) is 0. The van der Waals surface area contributed by atoms with Crippen LogP contribution in [0.2, 0.25) is 0 Å². The Kier molecular flexibility index (Phi) is 6.06. The monoisotopic (exact) mass is 377 g/mol. The second-order valence-electron chi connectivity index (χ2n) is 3.65. The van der Waals surface area contributed by atoms with E-state index in [9.17, 15) is 57.1 Å². The van der Waals surface area contributed by atoms with E-state index in [1.165, 1.54) is 0 Å². The van der Waals surface area contributed by atoms with Crippen LogP contribution >= 0.6 is 0 Å². The molecule has 0 aromatic carbocycles. The standard InChI is InChI=1S/C8H4F13NO/c9-4(10)5(11,12)2-23-3(6(13,14)15)1-22(7(16,17)18)8(19,20)21/h1,4H,2H2. The number of hydrogen-bond acceptors (Lipinski definition) is 2. The summed E-state index contributed by atoms with van der Waals surface area (Å²) in [5.41, 5.74) is 0. The van der Waals surface area contributed by atoms with E-state index in [0.29, 0.717) is 0 Å². The fourth-order valence-corrected chi connectivity index (χ4v) is 0.837. The van der Waals surface area contributed by atoms with Gasteiger partial charge in [0, 0.05) is 0 Å². The highest BCUT2D eigenvalue weighted by Crippen LogP contribution is 2.37. The zero-order chi connectivity index (χ0) is 18.9. The van der Waals surface area contributed by atoms with Gasteiger partial charge >= 0.3 is 31.1 Å². The molecule has 0 aromatic heterocycles. The highest BCUT2D eigenvalue weighted by atomic mass is 19.4. The predicted octanol–water partition coefficient (Wildman–Crippen LogP) is 4.65. The van der Waals surface area contributed by atoms with Crippen LogP contribution in [0.15, 0.2) is 12.0 Å². The molecule has 0 aliphatic carbocycles. The summed E-state index contributed by atoms with van der Waals surface area (Å²) >= 11 is 0. The van der Waals surface area contributed by atoms with Gasteiger partial charge in [-0.1, -0.05) is 0 Å². The van der Waals surface area contributed by atoms with Crippen molar-refractivity contribution in [1.82, 2.24) is 4.90 Å². The first kappa shape index (κ1) is 21.4. The van der Waals surface area contributed by atoms with Crippen molar-refractivity contribution < 1.29 is 61.8 Å². The van der Waals surface area contributed by atoms with Gasteiger partial charge in [0.2, 0.25) is 5.76 Å². The summed E-state index contributed by atoms with van der Waals surface area (Å²) in [5.74, 6) is -8.42. The summed E-state index contributed by atoms with van der Waals surface area (Å²) in [6.07, 6.45) is -25.2. The van der Waals surface area contributed by atoms with Crippen molar-refractivity contribution >= 4 is 0 Å². The van der Waals surface area contributed by atoms with Gasteiger partial charge in [0.25, 0.3) is 0 Å². The minimum Gasteiger partial charge on any atom is -0.481 e. The van der Waals surface area contributed by atoms with Crippen LogP contribution < -0.4 is 0 Å². The van der Waals surface area contributed by atoms with Gasteiger partial charge < -0.3 is 4.74 Å². The average molecular weight is 377 g/mol. The number of allylic oxidation sites excluding steroid dienone is 1. The average Bonchev–Trinajstić information content (AvgIpc) is 2.22. The van der Waals surface area contributed by atoms with Crippen LogP contribution in [0, 0.1) is 0 Å². The van der Waals surface area contributed by atoms with Crippen molar-refractivity contribution in [2.24, 2.45) is 0 Å². The summed E-state index contributed by atoms with van der Waals surface area (Å²) in [4.78, 5) is -2.73. The lowest BCUT2D eigenvalue weighted by atomic mass is 10.4. The molecule has 0 heterocycles. The molecule has 0 saturated heterocycles. The molecule has 2 nitrogen and oxygen atoms in total. The van der Waals surface area contributed by atoms with Gasteiger partial charge in [-0.15, -0.1) is 26.3 Å². The number of nitrogens with zero attached hydrogens (tertiary/aromatic N) is 1. The third-order valence-corrected chi connectivity index (χ3v) is 1.81. The van der Waals surface area contributed by atoms with E-state index in [-0.39, 0.29) is 0 Å². The Morgan fingerprint density at radius 1 is 0.826 bits per heavy atom. The van der Waals surface area contributed by atoms with E-state index in [1.807, 2.05) is 0 Å². The van der Waals surface area contributed by atoms with Crippen molar-refractivity contribution in [3.05, 3.63) is 12.0 Å². The highest BCUT2D eigenvalue weighted by molar-refractivity contribution is 5.02. The van der Waals surface area contributed by atoms with Crippen LogP contribution in [0.3, 0.4) is 0 Å². The minimum atomic E-state index is -6.41. The zero-order valence-electron chi connectivity index (χ0n) is 10.1. The quantitative estimate of drug-likeness (QED) is 0.393. The fourth-order valence-electron chi connectivity index (χ4n) is 0.837. The first-order valence-electron chi connectivity index (χ1n) is 4.89. The molecule has 138 valence electrons. The normalized spacial score (nSPS) is 15.1. The minimum absolute atomic E-state index is 1.71. The molecule has 0 saturated carbocycles. The molecule has 0 aliphatic rings. The smallest absolute Gasteiger partial charge is 0.481 e. The molecule has 0 aromatic rings. The molecule has 0 spiro atoms. The first-order valence-corrected chi connectivity index (χ1v) is 4.89. The fraction of sp³-hybridized carbons (Fsp3) is 0.750. The molecule has 0 amide bonds. The lowest BCUT2D eigenvalue weighted by Gasteiger charge is -2.27. The van der Waals surface area contributed by atoms with Crippen molar-refractivity contribution in [1.29, 1.82) is 0 Å². The molecular weight excluding hydrogens is 373 g/mol. The molecule has 0 radical (unpaired) electrons. The van der Waals surface area contributed by atoms with E-state index in [0.717, 1.165) is 0 Å². The lowest BCUT2D eigenvalue weighted by Crippen LogP contribution is -2.45. The van der Waals surface area contributed by atoms with E-state index >= 15 is 0 Å². The Morgan fingerprint density at radius 3 is 1.48 bits per heavy atom. The Labute approximate surface area is 118 Å². The van der Waals surface area contributed by atoms with Crippen molar-refractivity contribution in [3.8, 4) is 0 Å². The van der Waals surface area contributed by atoms with Crippen LogP contribution in [0.25, 0.3) is 0 Å².